The predicted octanol–water partition coefficient (Wildman–Crippen LogP) is 6.83. The van der Waals surface area contributed by atoms with E-state index in [-0.39, 0.29) is 39.3 Å². The molecule has 1 unspecified atom stereocenters. The van der Waals surface area contributed by atoms with E-state index >= 15 is 0 Å². The Morgan fingerprint density at radius 3 is 2.31 bits per heavy atom. The third kappa shape index (κ3) is 2.51. The van der Waals surface area contributed by atoms with Crippen molar-refractivity contribution in [1.82, 2.24) is 0 Å². The smallest absolute Gasteiger partial charge is 0.240 e. The molecule has 0 spiro atoms. The second-order valence-corrected chi connectivity index (χ2v) is 15.6. The monoisotopic (exact) mass is 491 g/mol. The minimum absolute atomic E-state index is 0.0544. The molecule has 0 aromatic rings. The van der Waals surface area contributed by atoms with E-state index in [4.69, 9.17) is 4.74 Å². The molecule has 196 valence electrons. The van der Waals surface area contributed by atoms with Crippen molar-refractivity contribution in [2.45, 2.75) is 118 Å². The van der Waals surface area contributed by atoms with Gasteiger partial charge in [0.1, 0.15) is 12.2 Å². The van der Waals surface area contributed by atoms with Crippen LogP contribution in [0.15, 0.2) is 11.6 Å². The summed E-state index contributed by atoms with van der Waals surface area (Å²) in [5, 5.41) is 10.1. The lowest BCUT2D eigenvalue weighted by Crippen LogP contribution is -2.67. The third-order valence-electron chi connectivity index (χ3n) is 13.6. The van der Waals surface area contributed by atoms with Crippen LogP contribution in [0.5, 0.6) is 0 Å². The largest absolute Gasteiger partial charge is 0.342 e. The molecule has 0 aromatic heterocycles. The summed E-state index contributed by atoms with van der Waals surface area (Å²) in [5.41, 5.74) is -0.975. The lowest BCUT2D eigenvalue weighted by Gasteiger charge is -2.69. The summed E-state index contributed by atoms with van der Waals surface area (Å²) in [5.74, 6) is 0.807. The minimum atomic E-state index is -1.34. The summed E-state index contributed by atoms with van der Waals surface area (Å²) in [4.78, 5) is 27.9. The highest BCUT2D eigenvalue weighted by Gasteiger charge is 2.82. The van der Waals surface area contributed by atoms with Crippen molar-refractivity contribution in [3.05, 3.63) is 11.6 Å². The van der Waals surface area contributed by atoms with Gasteiger partial charge in [-0.2, -0.15) is 5.26 Å². The van der Waals surface area contributed by atoms with Crippen molar-refractivity contribution in [2.75, 3.05) is 0 Å². The van der Waals surface area contributed by atoms with Gasteiger partial charge in [0.2, 0.25) is 5.60 Å². The van der Waals surface area contributed by atoms with Crippen molar-refractivity contribution in [2.24, 2.45) is 50.2 Å². The van der Waals surface area contributed by atoms with Gasteiger partial charge in [0.05, 0.1) is 0 Å². The fourth-order valence-corrected chi connectivity index (χ4v) is 11.2. The van der Waals surface area contributed by atoms with E-state index in [2.05, 4.69) is 47.6 Å². The van der Waals surface area contributed by atoms with Crippen LogP contribution in [-0.4, -0.2) is 23.3 Å². The van der Waals surface area contributed by atoms with Gasteiger partial charge in [-0.3, -0.25) is 9.59 Å². The summed E-state index contributed by atoms with van der Waals surface area (Å²) in [6, 6.07) is 2.28. The standard InChI is InChI=1S/C32H45NO3/c1-9-31-14-12-26(2,3)17-19(31)23-20(34)16-22-28(6,29(23,7)13-15-31)11-10-21-27(4,5)24(35)32(18-33)25(36-32)30(21,22)8/h16,19,21,23,25H,9-15,17H2,1-8H3/t19?,21-,23+,25+,28+,29+,30-,31+,32-/m0/s1. The average Bonchev–Trinajstić information content (AvgIpc) is 3.56. The normalized spacial score (nSPS) is 54.0. The van der Waals surface area contributed by atoms with E-state index in [0.717, 1.165) is 32.1 Å². The first-order valence-corrected chi connectivity index (χ1v) is 14.5. The van der Waals surface area contributed by atoms with Crippen LogP contribution in [0.2, 0.25) is 0 Å². The van der Waals surface area contributed by atoms with E-state index in [0.29, 0.717) is 11.7 Å². The summed E-state index contributed by atoms with van der Waals surface area (Å²) < 4.78 is 6.12. The zero-order valence-electron chi connectivity index (χ0n) is 23.7. The summed E-state index contributed by atoms with van der Waals surface area (Å²) in [6.07, 6.45) is 10.6. The lowest BCUT2D eigenvalue weighted by atomic mass is 9.33. The number of carbonyl (C=O) groups is 2. The molecule has 0 N–H and O–H groups in total. The van der Waals surface area contributed by atoms with Gasteiger partial charge in [-0.05, 0) is 84.5 Å². The molecule has 0 radical (unpaired) electrons. The van der Waals surface area contributed by atoms with Gasteiger partial charge in [0.15, 0.2) is 11.6 Å². The Hall–Kier alpha value is -1.47. The summed E-state index contributed by atoms with van der Waals surface area (Å²) in [7, 11) is 0. The van der Waals surface area contributed by atoms with Crippen molar-refractivity contribution in [1.29, 1.82) is 5.26 Å². The summed E-state index contributed by atoms with van der Waals surface area (Å²) >= 11 is 0. The second kappa shape index (κ2) is 6.74. The van der Waals surface area contributed by atoms with Crippen LogP contribution >= 0.6 is 0 Å². The van der Waals surface area contributed by atoms with Crippen molar-refractivity contribution in [3.63, 3.8) is 0 Å². The fraction of sp³-hybridized carbons (Fsp3) is 0.844. The van der Waals surface area contributed by atoms with Gasteiger partial charge in [-0.15, -0.1) is 0 Å². The molecule has 4 nitrogen and oxygen atoms in total. The number of ether oxygens (including phenoxy) is 1. The molecule has 1 heterocycles. The second-order valence-electron chi connectivity index (χ2n) is 15.6. The zero-order valence-corrected chi connectivity index (χ0v) is 23.7. The Bertz CT molecular complexity index is 1140. The van der Waals surface area contributed by atoms with Gasteiger partial charge < -0.3 is 4.74 Å². The molecule has 5 aliphatic carbocycles. The molecule has 0 bridgehead atoms. The van der Waals surface area contributed by atoms with Crippen LogP contribution in [0.25, 0.3) is 0 Å². The minimum Gasteiger partial charge on any atom is -0.342 e. The first-order valence-electron chi connectivity index (χ1n) is 14.5. The zero-order chi connectivity index (χ0) is 26.3. The molecule has 0 aromatic carbocycles. The molecule has 6 aliphatic rings. The highest BCUT2D eigenvalue weighted by Crippen LogP contribution is 2.77. The number of allylic oxidation sites excluding steroid dienone is 1. The topological polar surface area (TPSA) is 70.5 Å². The van der Waals surface area contributed by atoms with Crippen LogP contribution in [0.1, 0.15) is 107 Å². The molecular weight excluding hydrogens is 446 g/mol. The van der Waals surface area contributed by atoms with Gasteiger partial charge in [-0.25, -0.2) is 0 Å². The number of epoxide rings is 1. The quantitative estimate of drug-likeness (QED) is 0.377. The number of nitriles is 1. The van der Waals surface area contributed by atoms with Gasteiger partial charge in [0, 0.05) is 16.7 Å². The van der Waals surface area contributed by atoms with Crippen LogP contribution in [0, 0.1) is 61.6 Å². The van der Waals surface area contributed by atoms with Crippen molar-refractivity contribution < 1.29 is 14.3 Å². The van der Waals surface area contributed by atoms with Gasteiger partial charge in [-0.1, -0.05) is 67.4 Å². The molecule has 6 rings (SSSR count). The third-order valence-corrected chi connectivity index (χ3v) is 13.6. The highest BCUT2D eigenvalue weighted by atomic mass is 16.6. The molecule has 0 amide bonds. The first-order chi connectivity index (χ1) is 16.6. The fourth-order valence-electron chi connectivity index (χ4n) is 11.2. The van der Waals surface area contributed by atoms with Crippen LogP contribution in [0.3, 0.4) is 0 Å². The predicted molar refractivity (Wildman–Crippen MR) is 139 cm³/mol. The number of fused-ring (bicyclic) bond motifs is 9. The molecule has 5 fully saturated rings. The van der Waals surface area contributed by atoms with Crippen molar-refractivity contribution in [3.8, 4) is 6.07 Å². The molecule has 1 saturated heterocycles. The van der Waals surface area contributed by atoms with E-state index in [9.17, 15) is 14.9 Å². The number of ketones is 2. The molecule has 9 atom stereocenters. The number of rotatable bonds is 1. The van der Waals surface area contributed by atoms with E-state index < -0.39 is 22.5 Å². The van der Waals surface area contributed by atoms with Gasteiger partial charge >= 0.3 is 0 Å². The number of carbonyl (C=O) groups excluding carboxylic acids is 2. The molecule has 4 saturated carbocycles. The maximum atomic E-state index is 14.4. The van der Waals surface area contributed by atoms with Crippen LogP contribution in [-0.2, 0) is 14.3 Å². The van der Waals surface area contributed by atoms with Crippen LogP contribution in [0.4, 0.5) is 0 Å². The maximum absolute atomic E-state index is 14.4. The Morgan fingerprint density at radius 1 is 1.00 bits per heavy atom. The lowest BCUT2D eigenvalue weighted by molar-refractivity contribution is -0.175. The molecular formula is C32H45NO3. The van der Waals surface area contributed by atoms with E-state index in [1.165, 1.54) is 24.8 Å². The first kappa shape index (κ1) is 24.8. The van der Waals surface area contributed by atoms with E-state index in [1.807, 2.05) is 19.9 Å². The van der Waals surface area contributed by atoms with Crippen LogP contribution < -0.4 is 0 Å². The summed E-state index contributed by atoms with van der Waals surface area (Å²) in [6.45, 7) is 18.2. The number of hydrogen-bond acceptors (Lipinski definition) is 4. The number of nitrogens with zero attached hydrogens (tertiary/aromatic N) is 1. The number of Topliss-reactive ketones (excluding diaryl/α,β-unsaturated/α-hetero) is 1. The Kier molecular flexibility index (Phi) is 4.65. The van der Waals surface area contributed by atoms with E-state index in [1.54, 1.807) is 0 Å². The molecule has 1 aliphatic heterocycles. The molecule has 4 heteroatoms. The number of hydrogen-bond donors (Lipinski definition) is 0. The average molecular weight is 492 g/mol. The SMILES string of the molecule is CC[C@]12CCC(C)(C)CC1[C@@H]1C(=O)C=C3[C@@]4(C)[C@H]5O[C@@]5(C#N)C(=O)C(C)(C)[C@@H]4CC[C@@]3(C)[C@]1(C)CC2. The Labute approximate surface area is 217 Å². The van der Waals surface area contributed by atoms with Crippen molar-refractivity contribution >= 4 is 11.6 Å². The highest BCUT2D eigenvalue weighted by molar-refractivity contribution is 6.01. The molecule has 36 heavy (non-hydrogen) atoms. The Balaban J connectivity index is 1.52. The maximum Gasteiger partial charge on any atom is 0.240 e. The Morgan fingerprint density at radius 2 is 1.67 bits per heavy atom. The van der Waals surface area contributed by atoms with Gasteiger partial charge in [0.25, 0.3) is 0 Å².